The molecule has 2 rings (SSSR count). The molecule has 1 atom stereocenters. The molecule has 1 saturated carbocycles. The average molecular weight is 254 g/mol. The van der Waals surface area contributed by atoms with Crippen molar-refractivity contribution in [3.8, 4) is 0 Å². The highest BCUT2D eigenvalue weighted by molar-refractivity contribution is 6.36. The van der Waals surface area contributed by atoms with Gasteiger partial charge in [-0.05, 0) is 19.8 Å². The second-order valence-electron chi connectivity index (χ2n) is 4.67. The third kappa shape index (κ3) is 2.47. The molecule has 18 heavy (non-hydrogen) atoms. The molecular formula is C12H18N2O4. The van der Waals surface area contributed by atoms with Crippen LogP contribution >= 0.6 is 0 Å². The van der Waals surface area contributed by atoms with Crippen LogP contribution < -0.4 is 5.32 Å². The van der Waals surface area contributed by atoms with E-state index in [0.717, 1.165) is 25.7 Å². The number of piperazine rings is 1. The van der Waals surface area contributed by atoms with E-state index in [-0.39, 0.29) is 19.2 Å². The van der Waals surface area contributed by atoms with Gasteiger partial charge in [0.2, 0.25) is 0 Å². The summed E-state index contributed by atoms with van der Waals surface area (Å²) in [5, 5.41) is 2.40. The van der Waals surface area contributed by atoms with Crippen LogP contribution in [0.15, 0.2) is 0 Å². The topological polar surface area (TPSA) is 75.7 Å². The molecule has 1 saturated heterocycles. The van der Waals surface area contributed by atoms with E-state index in [9.17, 15) is 14.4 Å². The quantitative estimate of drug-likeness (QED) is 0.560. The molecule has 2 amide bonds. The van der Waals surface area contributed by atoms with Gasteiger partial charge in [0.05, 0.1) is 13.2 Å². The third-order valence-electron chi connectivity index (χ3n) is 3.48. The fourth-order valence-corrected chi connectivity index (χ4v) is 2.58. The first-order valence-electron chi connectivity index (χ1n) is 6.41. The van der Waals surface area contributed by atoms with Gasteiger partial charge in [-0.3, -0.25) is 9.59 Å². The Morgan fingerprint density at radius 3 is 2.67 bits per heavy atom. The smallest absolute Gasteiger partial charge is 0.330 e. The SMILES string of the molecule is CCOC(=O)C1CN(C2CCCC2)C(=O)C(=O)N1. The van der Waals surface area contributed by atoms with Crippen molar-refractivity contribution in [3.05, 3.63) is 0 Å². The van der Waals surface area contributed by atoms with Crippen molar-refractivity contribution < 1.29 is 19.1 Å². The minimum absolute atomic E-state index is 0.0977. The highest BCUT2D eigenvalue weighted by atomic mass is 16.5. The molecule has 0 spiro atoms. The summed E-state index contributed by atoms with van der Waals surface area (Å²) in [6, 6.07) is -0.628. The molecule has 1 heterocycles. The molecule has 0 bridgehead atoms. The van der Waals surface area contributed by atoms with E-state index < -0.39 is 23.8 Å². The number of carbonyl (C=O) groups excluding carboxylic acids is 3. The Morgan fingerprint density at radius 1 is 1.39 bits per heavy atom. The second kappa shape index (κ2) is 5.37. The summed E-state index contributed by atoms with van der Waals surface area (Å²) in [7, 11) is 0. The van der Waals surface area contributed by atoms with Crippen molar-refractivity contribution in [2.75, 3.05) is 13.2 Å². The minimum atomic E-state index is -0.726. The van der Waals surface area contributed by atoms with Gasteiger partial charge in [0, 0.05) is 6.04 Å². The predicted molar refractivity (Wildman–Crippen MR) is 62.5 cm³/mol. The molecule has 0 radical (unpaired) electrons. The van der Waals surface area contributed by atoms with Crippen LogP contribution in [-0.4, -0.2) is 47.9 Å². The molecule has 1 unspecified atom stereocenters. The molecule has 0 aromatic rings. The van der Waals surface area contributed by atoms with Crippen LogP contribution in [0, 0.1) is 0 Å². The molecule has 1 aliphatic carbocycles. The van der Waals surface area contributed by atoms with Crippen LogP contribution in [0.4, 0.5) is 0 Å². The Morgan fingerprint density at radius 2 is 2.06 bits per heavy atom. The Labute approximate surface area is 106 Å². The van der Waals surface area contributed by atoms with Gasteiger partial charge in [0.15, 0.2) is 0 Å². The number of esters is 1. The maximum absolute atomic E-state index is 11.8. The summed E-state index contributed by atoms with van der Waals surface area (Å²) >= 11 is 0. The minimum Gasteiger partial charge on any atom is -0.464 e. The summed E-state index contributed by atoms with van der Waals surface area (Å²) in [6.07, 6.45) is 3.96. The number of carbonyl (C=O) groups is 3. The first kappa shape index (κ1) is 12.9. The normalized spacial score (nSPS) is 25.2. The van der Waals surface area contributed by atoms with Gasteiger partial charge < -0.3 is 15.0 Å². The van der Waals surface area contributed by atoms with Gasteiger partial charge in [-0.2, -0.15) is 0 Å². The van der Waals surface area contributed by atoms with E-state index in [1.807, 2.05) is 0 Å². The van der Waals surface area contributed by atoms with E-state index in [1.165, 1.54) is 4.90 Å². The molecule has 0 aromatic heterocycles. The summed E-state index contributed by atoms with van der Waals surface area (Å²) in [4.78, 5) is 36.5. The molecule has 6 heteroatoms. The van der Waals surface area contributed by atoms with Crippen LogP contribution in [0.5, 0.6) is 0 Å². The first-order chi connectivity index (χ1) is 8.63. The largest absolute Gasteiger partial charge is 0.464 e. The fraction of sp³-hybridized carbons (Fsp3) is 0.750. The predicted octanol–water partition coefficient (Wildman–Crippen LogP) is -0.181. The molecule has 2 aliphatic rings. The molecule has 2 fully saturated rings. The maximum atomic E-state index is 11.8. The van der Waals surface area contributed by atoms with Crippen molar-refractivity contribution in [1.82, 2.24) is 10.2 Å². The van der Waals surface area contributed by atoms with Crippen LogP contribution in [-0.2, 0) is 19.1 Å². The Hall–Kier alpha value is -1.59. The van der Waals surface area contributed by atoms with Gasteiger partial charge >= 0.3 is 17.8 Å². The molecule has 1 aliphatic heterocycles. The van der Waals surface area contributed by atoms with Crippen molar-refractivity contribution in [2.24, 2.45) is 0 Å². The number of amides is 2. The maximum Gasteiger partial charge on any atom is 0.330 e. The standard InChI is InChI=1S/C12H18N2O4/c1-2-18-12(17)9-7-14(8-5-3-4-6-8)11(16)10(15)13-9/h8-9H,2-7H2,1H3,(H,13,15). The van der Waals surface area contributed by atoms with Crippen molar-refractivity contribution >= 4 is 17.8 Å². The number of nitrogens with zero attached hydrogens (tertiary/aromatic N) is 1. The van der Waals surface area contributed by atoms with E-state index in [2.05, 4.69) is 5.32 Å². The summed E-state index contributed by atoms with van der Waals surface area (Å²) in [5.41, 5.74) is 0. The molecule has 1 N–H and O–H groups in total. The van der Waals surface area contributed by atoms with E-state index in [1.54, 1.807) is 6.92 Å². The average Bonchev–Trinajstić information content (AvgIpc) is 2.86. The molecule has 6 nitrogen and oxygen atoms in total. The van der Waals surface area contributed by atoms with E-state index in [0.29, 0.717) is 0 Å². The first-order valence-corrected chi connectivity index (χ1v) is 6.41. The van der Waals surface area contributed by atoms with Crippen molar-refractivity contribution in [3.63, 3.8) is 0 Å². The lowest BCUT2D eigenvalue weighted by Gasteiger charge is -2.35. The Kier molecular flexibility index (Phi) is 3.84. The zero-order valence-electron chi connectivity index (χ0n) is 10.5. The fourth-order valence-electron chi connectivity index (χ4n) is 2.58. The molecular weight excluding hydrogens is 236 g/mol. The lowest BCUT2D eigenvalue weighted by molar-refractivity contribution is -0.157. The Bertz CT molecular complexity index is 363. The van der Waals surface area contributed by atoms with Crippen LogP contribution in [0.2, 0.25) is 0 Å². The van der Waals surface area contributed by atoms with E-state index in [4.69, 9.17) is 4.74 Å². The number of hydrogen-bond acceptors (Lipinski definition) is 4. The van der Waals surface area contributed by atoms with Gasteiger partial charge in [0.25, 0.3) is 0 Å². The highest BCUT2D eigenvalue weighted by Crippen LogP contribution is 2.24. The van der Waals surface area contributed by atoms with Crippen molar-refractivity contribution in [1.29, 1.82) is 0 Å². The van der Waals surface area contributed by atoms with Crippen LogP contribution in [0.3, 0.4) is 0 Å². The summed E-state index contributed by atoms with van der Waals surface area (Å²) < 4.78 is 4.88. The monoisotopic (exact) mass is 254 g/mol. The molecule has 0 aromatic carbocycles. The Balaban J connectivity index is 2.06. The lowest BCUT2D eigenvalue weighted by atomic mass is 10.1. The van der Waals surface area contributed by atoms with Gasteiger partial charge in [-0.25, -0.2) is 4.79 Å². The van der Waals surface area contributed by atoms with Crippen molar-refractivity contribution in [2.45, 2.75) is 44.7 Å². The number of nitrogens with one attached hydrogen (secondary N) is 1. The number of rotatable bonds is 3. The number of hydrogen-bond donors (Lipinski definition) is 1. The number of ether oxygens (including phenoxy) is 1. The van der Waals surface area contributed by atoms with Gasteiger partial charge in [-0.1, -0.05) is 12.8 Å². The zero-order valence-corrected chi connectivity index (χ0v) is 10.5. The molecule has 100 valence electrons. The van der Waals surface area contributed by atoms with E-state index >= 15 is 0 Å². The highest BCUT2D eigenvalue weighted by Gasteiger charge is 2.40. The van der Waals surface area contributed by atoms with Crippen LogP contribution in [0.1, 0.15) is 32.6 Å². The van der Waals surface area contributed by atoms with Gasteiger partial charge in [0.1, 0.15) is 6.04 Å². The zero-order chi connectivity index (χ0) is 13.1. The summed E-state index contributed by atoms with van der Waals surface area (Å²) in [6.45, 7) is 2.21. The lowest BCUT2D eigenvalue weighted by Crippen LogP contribution is -2.62. The van der Waals surface area contributed by atoms with Gasteiger partial charge in [-0.15, -0.1) is 0 Å². The second-order valence-corrected chi connectivity index (χ2v) is 4.67. The van der Waals surface area contributed by atoms with Crippen LogP contribution in [0.25, 0.3) is 0 Å². The third-order valence-corrected chi connectivity index (χ3v) is 3.48. The summed E-state index contributed by atoms with van der Waals surface area (Å²) in [5.74, 6) is -1.70.